The summed E-state index contributed by atoms with van der Waals surface area (Å²) in [6.07, 6.45) is 0. The predicted octanol–water partition coefficient (Wildman–Crippen LogP) is 3.43. The van der Waals surface area contributed by atoms with Gasteiger partial charge in [0.25, 0.3) is 5.91 Å². The Bertz CT molecular complexity index is 695. The van der Waals surface area contributed by atoms with Gasteiger partial charge in [0, 0.05) is 5.56 Å². The van der Waals surface area contributed by atoms with E-state index < -0.39 is 0 Å². The molecule has 0 radical (unpaired) electrons. The summed E-state index contributed by atoms with van der Waals surface area (Å²) in [4.78, 5) is 12.1. The minimum atomic E-state index is -0.0902. The molecule has 122 valence electrons. The molecule has 2 aromatic rings. The van der Waals surface area contributed by atoms with Crippen LogP contribution in [0.15, 0.2) is 36.4 Å². The molecule has 0 saturated carbocycles. The Morgan fingerprint density at radius 2 is 1.78 bits per heavy atom. The molecule has 0 saturated heterocycles. The lowest BCUT2D eigenvalue weighted by Crippen LogP contribution is -2.28. The summed E-state index contributed by atoms with van der Waals surface area (Å²) in [6, 6.07) is 11.4. The summed E-state index contributed by atoms with van der Waals surface area (Å²) in [7, 11) is 1.61. The van der Waals surface area contributed by atoms with E-state index in [9.17, 15) is 4.79 Å². The van der Waals surface area contributed by atoms with Gasteiger partial charge in [-0.1, -0.05) is 12.1 Å². The molecule has 0 aromatic heterocycles. The summed E-state index contributed by atoms with van der Waals surface area (Å²) in [6.45, 7) is 6.84. The average molecular weight is 313 g/mol. The summed E-state index contributed by atoms with van der Waals surface area (Å²) in [5.74, 6) is 1.29. The highest BCUT2D eigenvalue weighted by Gasteiger charge is 2.07. The van der Waals surface area contributed by atoms with Crippen LogP contribution >= 0.6 is 0 Å². The highest BCUT2D eigenvalue weighted by Crippen LogP contribution is 2.27. The molecule has 1 N–H and O–H groups in total. The summed E-state index contributed by atoms with van der Waals surface area (Å²) >= 11 is 0. The van der Waals surface area contributed by atoms with E-state index >= 15 is 0 Å². The summed E-state index contributed by atoms with van der Waals surface area (Å²) < 4.78 is 11.0. The molecule has 4 nitrogen and oxygen atoms in total. The van der Waals surface area contributed by atoms with Crippen molar-refractivity contribution in [2.75, 3.05) is 20.3 Å². The number of carbonyl (C=O) groups is 1. The fourth-order valence-electron chi connectivity index (χ4n) is 2.20. The third kappa shape index (κ3) is 4.49. The summed E-state index contributed by atoms with van der Waals surface area (Å²) in [5, 5.41) is 2.86. The standard InChI is InChI=1S/C19H23NO3/c1-13-5-8-17(18(11-13)22-4)23-10-9-20-19(21)16-7-6-14(2)15(3)12-16/h5-8,11-12H,9-10H2,1-4H3,(H,20,21). The molecule has 0 atom stereocenters. The van der Waals surface area contributed by atoms with Crippen molar-refractivity contribution in [2.24, 2.45) is 0 Å². The number of benzene rings is 2. The predicted molar refractivity (Wildman–Crippen MR) is 91.5 cm³/mol. The zero-order valence-electron chi connectivity index (χ0n) is 14.1. The second-order valence-electron chi connectivity index (χ2n) is 5.56. The van der Waals surface area contributed by atoms with E-state index in [0.717, 1.165) is 11.1 Å². The maximum Gasteiger partial charge on any atom is 0.251 e. The van der Waals surface area contributed by atoms with Gasteiger partial charge in [0.05, 0.1) is 13.7 Å². The molecular weight excluding hydrogens is 290 g/mol. The molecule has 0 spiro atoms. The van der Waals surface area contributed by atoms with Gasteiger partial charge in [-0.3, -0.25) is 4.79 Å². The minimum absolute atomic E-state index is 0.0902. The van der Waals surface area contributed by atoms with E-state index in [2.05, 4.69) is 5.32 Å². The van der Waals surface area contributed by atoms with Crippen LogP contribution in [0.3, 0.4) is 0 Å². The maximum atomic E-state index is 12.1. The molecule has 2 aromatic carbocycles. The number of aryl methyl sites for hydroxylation is 3. The van der Waals surface area contributed by atoms with E-state index in [4.69, 9.17) is 9.47 Å². The highest BCUT2D eigenvalue weighted by atomic mass is 16.5. The first kappa shape index (κ1) is 16.9. The molecule has 2 rings (SSSR count). The molecule has 0 aliphatic carbocycles. The van der Waals surface area contributed by atoms with Gasteiger partial charge in [0.2, 0.25) is 0 Å². The third-order valence-corrected chi connectivity index (χ3v) is 3.73. The van der Waals surface area contributed by atoms with Crippen molar-refractivity contribution in [3.63, 3.8) is 0 Å². The lowest BCUT2D eigenvalue weighted by Gasteiger charge is -2.12. The smallest absolute Gasteiger partial charge is 0.251 e. The number of methoxy groups -OCH3 is 1. The number of rotatable bonds is 6. The highest BCUT2D eigenvalue weighted by molar-refractivity contribution is 5.94. The monoisotopic (exact) mass is 313 g/mol. The molecule has 23 heavy (non-hydrogen) atoms. The third-order valence-electron chi connectivity index (χ3n) is 3.73. The van der Waals surface area contributed by atoms with Gasteiger partial charge in [-0.2, -0.15) is 0 Å². The second-order valence-corrected chi connectivity index (χ2v) is 5.56. The number of nitrogens with one attached hydrogen (secondary N) is 1. The van der Waals surface area contributed by atoms with Gasteiger partial charge < -0.3 is 14.8 Å². The molecule has 0 aliphatic heterocycles. The van der Waals surface area contributed by atoms with Crippen LogP contribution in [-0.4, -0.2) is 26.2 Å². The topological polar surface area (TPSA) is 47.6 Å². The number of amides is 1. The van der Waals surface area contributed by atoms with Gasteiger partial charge in [-0.05, 0) is 61.7 Å². The van der Waals surface area contributed by atoms with Crippen LogP contribution in [0.2, 0.25) is 0 Å². The second kappa shape index (κ2) is 7.68. The maximum absolute atomic E-state index is 12.1. The lowest BCUT2D eigenvalue weighted by atomic mass is 10.1. The van der Waals surface area contributed by atoms with Crippen LogP contribution in [0.5, 0.6) is 11.5 Å². The van der Waals surface area contributed by atoms with E-state index in [1.54, 1.807) is 7.11 Å². The average Bonchev–Trinajstić information content (AvgIpc) is 2.54. The van der Waals surface area contributed by atoms with Crippen LogP contribution in [0.4, 0.5) is 0 Å². The van der Waals surface area contributed by atoms with Crippen molar-refractivity contribution in [3.8, 4) is 11.5 Å². The molecule has 1 amide bonds. The molecular formula is C19H23NO3. The first-order chi connectivity index (χ1) is 11.0. The van der Waals surface area contributed by atoms with Crippen LogP contribution in [0, 0.1) is 20.8 Å². The number of carbonyl (C=O) groups excluding carboxylic acids is 1. The lowest BCUT2D eigenvalue weighted by molar-refractivity contribution is 0.0946. The van der Waals surface area contributed by atoms with Crippen molar-refractivity contribution < 1.29 is 14.3 Å². The first-order valence-electron chi connectivity index (χ1n) is 7.64. The van der Waals surface area contributed by atoms with Crippen LogP contribution in [-0.2, 0) is 0 Å². The Morgan fingerprint density at radius 1 is 1.00 bits per heavy atom. The Labute approximate surface area is 137 Å². The van der Waals surface area contributed by atoms with Crippen molar-refractivity contribution >= 4 is 5.91 Å². The van der Waals surface area contributed by atoms with Crippen LogP contribution < -0.4 is 14.8 Å². The van der Waals surface area contributed by atoms with Crippen LogP contribution in [0.25, 0.3) is 0 Å². The summed E-state index contributed by atoms with van der Waals surface area (Å²) in [5.41, 5.74) is 4.06. The quantitative estimate of drug-likeness (QED) is 0.831. The Kier molecular flexibility index (Phi) is 5.63. The van der Waals surface area contributed by atoms with Crippen molar-refractivity contribution in [1.29, 1.82) is 0 Å². The van der Waals surface area contributed by atoms with Crippen molar-refractivity contribution in [1.82, 2.24) is 5.32 Å². The fraction of sp³-hybridized carbons (Fsp3) is 0.316. The van der Waals surface area contributed by atoms with E-state index in [1.165, 1.54) is 5.56 Å². The van der Waals surface area contributed by atoms with Crippen molar-refractivity contribution in [3.05, 3.63) is 58.7 Å². The van der Waals surface area contributed by atoms with Gasteiger partial charge >= 0.3 is 0 Å². The molecule has 0 unspecified atom stereocenters. The zero-order chi connectivity index (χ0) is 16.8. The van der Waals surface area contributed by atoms with E-state index in [1.807, 2.05) is 57.2 Å². The van der Waals surface area contributed by atoms with Gasteiger partial charge in [-0.15, -0.1) is 0 Å². The zero-order valence-corrected chi connectivity index (χ0v) is 14.1. The molecule has 0 heterocycles. The van der Waals surface area contributed by atoms with Crippen LogP contribution in [0.1, 0.15) is 27.0 Å². The Hall–Kier alpha value is -2.49. The number of ether oxygens (including phenoxy) is 2. The van der Waals surface area contributed by atoms with Crippen molar-refractivity contribution in [2.45, 2.75) is 20.8 Å². The van der Waals surface area contributed by atoms with E-state index in [-0.39, 0.29) is 5.91 Å². The molecule has 0 bridgehead atoms. The SMILES string of the molecule is COc1cc(C)ccc1OCCNC(=O)c1ccc(C)c(C)c1. The normalized spacial score (nSPS) is 10.3. The molecule has 0 aliphatic rings. The number of hydrogen-bond donors (Lipinski definition) is 1. The van der Waals surface area contributed by atoms with E-state index in [0.29, 0.717) is 30.2 Å². The largest absolute Gasteiger partial charge is 0.493 e. The Balaban J connectivity index is 1.85. The van der Waals surface area contributed by atoms with Gasteiger partial charge in [-0.25, -0.2) is 0 Å². The first-order valence-corrected chi connectivity index (χ1v) is 7.64. The Morgan fingerprint density at radius 3 is 2.48 bits per heavy atom. The molecule has 4 heteroatoms. The van der Waals surface area contributed by atoms with Gasteiger partial charge in [0.15, 0.2) is 11.5 Å². The fourth-order valence-corrected chi connectivity index (χ4v) is 2.20. The minimum Gasteiger partial charge on any atom is -0.493 e. The molecule has 0 fully saturated rings. The van der Waals surface area contributed by atoms with Gasteiger partial charge in [0.1, 0.15) is 6.61 Å². The number of hydrogen-bond acceptors (Lipinski definition) is 3.